The number of amides is 1. The van der Waals surface area contributed by atoms with E-state index in [1.807, 2.05) is 42.2 Å². The zero-order valence-electron chi connectivity index (χ0n) is 16.8. The van der Waals surface area contributed by atoms with Gasteiger partial charge in [0.1, 0.15) is 17.9 Å². The van der Waals surface area contributed by atoms with Crippen LogP contribution in [-0.2, 0) is 4.79 Å². The van der Waals surface area contributed by atoms with E-state index >= 15 is 0 Å². The molecule has 0 unspecified atom stereocenters. The average molecular weight is 396 g/mol. The van der Waals surface area contributed by atoms with Gasteiger partial charge in [0.25, 0.3) is 0 Å². The van der Waals surface area contributed by atoms with Crippen LogP contribution in [0.5, 0.6) is 5.75 Å². The predicted octanol–water partition coefficient (Wildman–Crippen LogP) is 3.60. The monoisotopic (exact) mass is 396 g/mol. The average Bonchev–Trinajstić information content (AvgIpc) is 3.31. The Labute approximate surface area is 170 Å². The molecule has 1 spiro atoms. The Morgan fingerprint density at radius 3 is 2.59 bits per heavy atom. The van der Waals surface area contributed by atoms with Gasteiger partial charge in [-0.25, -0.2) is 0 Å². The lowest BCUT2D eigenvalue weighted by Gasteiger charge is -2.33. The number of ether oxygens (including phenoxy) is 1. The lowest BCUT2D eigenvalue weighted by molar-refractivity contribution is -0.133. The molecule has 3 aliphatic rings. The molecule has 1 atom stereocenters. The van der Waals surface area contributed by atoms with Crippen molar-refractivity contribution >= 4 is 11.9 Å². The number of aromatic nitrogens is 2. The van der Waals surface area contributed by atoms with E-state index in [1.54, 1.807) is 0 Å². The summed E-state index contributed by atoms with van der Waals surface area (Å²) in [6, 6.07) is 9.80. The molecular formula is C22H28N4O3. The van der Waals surface area contributed by atoms with E-state index in [9.17, 15) is 4.79 Å². The second-order valence-electron chi connectivity index (χ2n) is 8.86. The summed E-state index contributed by atoms with van der Waals surface area (Å²) in [4.78, 5) is 14.7. The normalized spacial score (nSPS) is 25.9. The van der Waals surface area contributed by atoms with Gasteiger partial charge in [0.2, 0.25) is 11.8 Å². The topological polar surface area (TPSA) is 80.5 Å². The minimum Gasteiger partial charge on any atom is -0.490 e. The van der Waals surface area contributed by atoms with Crippen molar-refractivity contribution in [1.29, 1.82) is 0 Å². The summed E-state index contributed by atoms with van der Waals surface area (Å²) in [5, 5.41) is 11.3. The zero-order chi connectivity index (χ0) is 19.8. The van der Waals surface area contributed by atoms with E-state index in [0.29, 0.717) is 17.3 Å². The number of carbonyl (C=O) groups is 1. The van der Waals surface area contributed by atoms with Crippen molar-refractivity contribution < 1.29 is 13.9 Å². The van der Waals surface area contributed by atoms with Crippen LogP contribution >= 0.6 is 0 Å². The van der Waals surface area contributed by atoms with Crippen LogP contribution in [0.15, 0.2) is 34.7 Å². The lowest BCUT2D eigenvalue weighted by Crippen LogP contribution is -2.45. The molecule has 0 radical (unpaired) electrons. The molecule has 1 aromatic heterocycles. The summed E-state index contributed by atoms with van der Waals surface area (Å²) in [5.41, 5.74) is 0.569. The van der Waals surface area contributed by atoms with Crippen LogP contribution in [0.2, 0.25) is 0 Å². The highest BCUT2D eigenvalue weighted by atomic mass is 16.5. The summed E-state index contributed by atoms with van der Waals surface area (Å²) in [6.07, 6.45) is 6.87. The fourth-order valence-corrected chi connectivity index (χ4v) is 4.41. The van der Waals surface area contributed by atoms with Crippen molar-refractivity contribution in [3.8, 4) is 5.75 Å². The minimum absolute atomic E-state index is 0.111. The molecule has 1 N–H and O–H groups in total. The fraction of sp³-hybridized carbons (Fsp3) is 0.591. The van der Waals surface area contributed by atoms with Crippen LogP contribution in [0.25, 0.3) is 0 Å². The Morgan fingerprint density at radius 2 is 1.90 bits per heavy atom. The maximum atomic E-state index is 12.7. The molecule has 1 amide bonds. The van der Waals surface area contributed by atoms with Crippen LogP contribution in [0.4, 0.5) is 6.01 Å². The van der Waals surface area contributed by atoms with E-state index < -0.39 is 0 Å². The maximum absolute atomic E-state index is 12.7. The Hall–Kier alpha value is -2.57. The first-order valence-corrected chi connectivity index (χ1v) is 10.7. The van der Waals surface area contributed by atoms with E-state index in [0.717, 1.165) is 44.5 Å². The number of nitrogens with one attached hydrogen (secondary N) is 1. The van der Waals surface area contributed by atoms with Gasteiger partial charge in [-0.15, -0.1) is 5.10 Å². The van der Waals surface area contributed by atoms with Gasteiger partial charge in [-0.3, -0.25) is 4.79 Å². The largest absolute Gasteiger partial charge is 0.490 e. The third-order valence-corrected chi connectivity index (χ3v) is 6.73. The minimum atomic E-state index is -0.368. The van der Waals surface area contributed by atoms with E-state index in [2.05, 4.69) is 15.5 Å². The van der Waals surface area contributed by atoms with Crippen molar-refractivity contribution in [3.05, 3.63) is 36.2 Å². The van der Waals surface area contributed by atoms with Crippen molar-refractivity contribution in [2.75, 3.05) is 18.4 Å². The summed E-state index contributed by atoms with van der Waals surface area (Å²) < 4.78 is 11.7. The Balaban J connectivity index is 1.10. The van der Waals surface area contributed by atoms with E-state index in [-0.39, 0.29) is 24.0 Å². The highest BCUT2D eigenvalue weighted by Crippen LogP contribution is 2.53. The molecule has 3 fully saturated rings. The predicted molar refractivity (Wildman–Crippen MR) is 108 cm³/mol. The molecule has 29 heavy (non-hydrogen) atoms. The molecule has 2 aromatic rings. The number of piperidine rings is 1. The quantitative estimate of drug-likeness (QED) is 0.804. The molecule has 2 heterocycles. The summed E-state index contributed by atoms with van der Waals surface area (Å²) in [7, 11) is 0. The number of hydrogen-bond donors (Lipinski definition) is 1. The number of carbonyl (C=O) groups excluding carboxylic acids is 1. The fourth-order valence-electron chi connectivity index (χ4n) is 4.41. The van der Waals surface area contributed by atoms with Crippen molar-refractivity contribution in [2.24, 2.45) is 5.41 Å². The first-order valence-electron chi connectivity index (χ1n) is 10.7. The molecule has 2 aliphatic carbocycles. The summed E-state index contributed by atoms with van der Waals surface area (Å²) >= 11 is 0. The molecule has 154 valence electrons. The van der Waals surface area contributed by atoms with Gasteiger partial charge in [-0.1, -0.05) is 23.3 Å². The SMILES string of the molecule is C[C@H](Nc1nnc([C@H]2C[C@H](Oc3ccccc3)C2)o1)C(=O)N1CCC2(CC1)CC2. The number of benzene rings is 1. The van der Waals surface area contributed by atoms with E-state index in [1.165, 1.54) is 12.8 Å². The van der Waals surface area contributed by atoms with E-state index in [4.69, 9.17) is 9.15 Å². The van der Waals surface area contributed by atoms with Crippen molar-refractivity contribution in [1.82, 2.24) is 15.1 Å². The van der Waals surface area contributed by atoms with Crippen molar-refractivity contribution in [3.63, 3.8) is 0 Å². The van der Waals surface area contributed by atoms with Gasteiger partial charge < -0.3 is 19.4 Å². The Kier molecular flexibility index (Phi) is 4.68. The van der Waals surface area contributed by atoms with Gasteiger partial charge in [0.05, 0.1) is 0 Å². The molecule has 1 aliphatic heterocycles. The molecule has 1 aromatic carbocycles. The first kappa shape index (κ1) is 18.5. The Morgan fingerprint density at radius 1 is 1.17 bits per heavy atom. The van der Waals surface area contributed by atoms with Crippen LogP contribution in [0.1, 0.15) is 57.3 Å². The number of para-hydroxylation sites is 1. The molecule has 7 heteroatoms. The molecule has 5 rings (SSSR count). The summed E-state index contributed by atoms with van der Waals surface area (Å²) in [6.45, 7) is 3.59. The highest BCUT2D eigenvalue weighted by molar-refractivity contribution is 5.83. The first-order chi connectivity index (χ1) is 14.1. The second-order valence-corrected chi connectivity index (χ2v) is 8.86. The molecule has 1 saturated heterocycles. The number of anilines is 1. The van der Waals surface area contributed by atoms with Gasteiger partial charge in [-0.2, -0.15) is 0 Å². The van der Waals surface area contributed by atoms with Crippen molar-refractivity contribution in [2.45, 2.75) is 63.5 Å². The number of hydrogen-bond acceptors (Lipinski definition) is 6. The van der Waals surface area contributed by atoms with Crippen LogP contribution in [0, 0.1) is 5.41 Å². The molecular weight excluding hydrogens is 368 g/mol. The third-order valence-electron chi connectivity index (χ3n) is 6.73. The van der Waals surface area contributed by atoms with Crippen LogP contribution in [-0.4, -0.2) is 46.2 Å². The number of rotatable bonds is 6. The smallest absolute Gasteiger partial charge is 0.316 e. The van der Waals surface area contributed by atoms with Crippen LogP contribution in [0.3, 0.4) is 0 Å². The second kappa shape index (κ2) is 7.35. The van der Waals surface area contributed by atoms with Gasteiger partial charge in [-0.05, 0) is 63.0 Å². The maximum Gasteiger partial charge on any atom is 0.316 e. The van der Waals surface area contributed by atoms with Crippen LogP contribution < -0.4 is 10.1 Å². The highest BCUT2D eigenvalue weighted by Gasteiger charge is 2.45. The molecule has 7 nitrogen and oxygen atoms in total. The van der Waals surface area contributed by atoms with Gasteiger partial charge >= 0.3 is 6.01 Å². The standard InChI is InChI=1S/C22H28N4O3/c1-15(20(27)26-11-9-22(7-8-22)10-12-26)23-21-25-24-19(29-21)16-13-18(14-16)28-17-5-3-2-4-6-17/h2-6,15-16,18H,7-14H2,1H3,(H,23,25)/t15-,16-,18-/m0/s1. The Bertz CT molecular complexity index is 848. The zero-order valence-corrected chi connectivity index (χ0v) is 16.8. The molecule has 2 saturated carbocycles. The molecule has 0 bridgehead atoms. The third kappa shape index (κ3) is 3.95. The van der Waals surface area contributed by atoms with Gasteiger partial charge in [0, 0.05) is 19.0 Å². The number of likely N-dealkylation sites (tertiary alicyclic amines) is 1. The lowest BCUT2D eigenvalue weighted by atomic mass is 9.82. The number of nitrogens with zero attached hydrogens (tertiary/aromatic N) is 3. The summed E-state index contributed by atoms with van der Waals surface area (Å²) in [5.74, 6) is 1.84. The van der Waals surface area contributed by atoms with Gasteiger partial charge in [0.15, 0.2) is 0 Å².